The molecular weight excluding hydrogens is 206 g/mol. The molecule has 2 rings (SSSR count). The first-order chi connectivity index (χ1) is 7.70. The number of rotatable bonds is 1. The molecule has 0 unspecified atom stereocenters. The number of nitrogens with two attached hydrogens (primary N) is 1. The highest BCUT2D eigenvalue weighted by Gasteiger charge is 2.09. The Kier molecular flexibility index (Phi) is 3.41. The zero-order valence-electron chi connectivity index (χ0n) is 8.29. The van der Waals surface area contributed by atoms with E-state index in [1.54, 1.807) is 18.2 Å². The summed E-state index contributed by atoms with van der Waals surface area (Å²) < 4.78 is 0. The predicted octanol–water partition coefficient (Wildman–Crippen LogP) is 2.15. The van der Waals surface area contributed by atoms with Crippen molar-refractivity contribution in [2.24, 2.45) is 0 Å². The van der Waals surface area contributed by atoms with Crippen LogP contribution in [0.2, 0.25) is 0 Å². The molecule has 0 bridgehead atoms. The maximum Gasteiger partial charge on any atom is 0.336 e. The van der Waals surface area contributed by atoms with Gasteiger partial charge < -0.3 is 10.8 Å². The highest BCUT2D eigenvalue weighted by molar-refractivity contribution is 6.08. The third-order valence-corrected chi connectivity index (χ3v) is 2.17. The Bertz CT molecular complexity index is 544. The van der Waals surface area contributed by atoms with E-state index in [4.69, 9.17) is 21.6 Å². The Morgan fingerprint density at radius 2 is 1.69 bits per heavy atom. The molecule has 0 spiro atoms. The van der Waals surface area contributed by atoms with Gasteiger partial charge in [-0.2, -0.15) is 0 Å². The third-order valence-electron chi connectivity index (χ3n) is 2.17. The monoisotopic (exact) mass is 215 g/mol. The fraction of sp³-hybridized carbons (Fsp3) is 0. The number of aromatic carboxylic acids is 1. The van der Waals surface area contributed by atoms with Crippen molar-refractivity contribution in [2.75, 3.05) is 5.73 Å². The van der Waals surface area contributed by atoms with Gasteiger partial charge in [-0.05, 0) is 17.5 Å². The molecule has 0 radical (unpaired) electrons. The summed E-state index contributed by atoms with van der Waals surface area (Å²) in [6.45, 7) is 0. The molecule has 2 aromatic carbocycles. The van der Waals surface area contributed by atoms with Gasteiger partial charge in [0.1, 0.15) is 0 Å². The van der Waals surface area contributed by atoms with Crippen LogP contribution in [0.4, 0.5) is 5.69 Å². The van der Waals surface area contributed by atoms with E-state index >= 15 is 0 Å². The van der Waals surface area contributed by atoms with Crippen LogP contribution in [-0.2, 0) is 0 Å². The summed E-state index contributed by atoms with van der Waals surface area (Å²) in [4.78, 5) is 10.9. The number of hydrogen-bond donors (Lipinski definition) is 2. The van der Waals surface area contributed by atoms with E-state index < -0.39 is 5.97 Å². The second kappa shape index (κ2) is 4.75. The Morgan fingerprint density at radius 3 is 2.25 bits per heavy atom. The molecular formula is C11H9N3O2. The molecule has 0 saturated heterocycles. The van der Waals surface area contributed by atoms with E-state index in [1.807, 2.05) is 18.2 Å². The quantitative estimate of drug-likeness (QED) is 0.559. The zero-order valence-corrected chi connectivity index (χ0v) is 8.29. The molecule has 16 heavy (non-hydrogen) atoms. The largest absolute Gasteiger partial charge is 0.478 e. The first kappa shape index (κ1) is 11.5. The number of anilines is 1. The lowest BCUT2D eigenvalue weighted by atomic mass is 10.0. The Labute approximate surface area is 91.5 Å². The van der Waals surface area contributed by atoms with Crippen LogP contribution in [0.5, 0.6) is 0 Å². The van der Waals surface area contributed by atoms with E-state index in [0.717, 1.165) is 5.39 Å². The molecule has 0 heterocycles. The molecule has 0 aliphatic heterocycles. The Hall–Kier alpha value is -2.61. The number of carboxylic acid groups (broad SMARTS) is 1. The summed E-state index contributed by atoms with van der Waals surface area (Å²) >= 11 is 0. The molecule has 3 N–H and O–H groups in total. The predicted molar refractivity (Wildman–Crippen MR) is 58.8 cm³/mol. The lowest BCUT2D eigenvalue weighted by Gasteiger charge is -2.04. The van der Waals surface area contributed by atoms with Crippen LogP contribution in [0.3, 0.4) is 0 Å². The van der Waals surface area contributed by atoms with Crippen molar-refractivity contribution in [3.05, 3.63) is 42.0 Å². The van der Waals surface area contributed by atoms with Crippen molar-refractivity contribution < 1.29 is 9.90 Å². The Morgan fingerprint density at radius 1 is 1.12 bits per heavy atom. The zero-order chi connectivity index (χ0) is 12.1. The molecule has 0 atom stereocenters. The van der Waals surface area contributed by atoms with Gasteiger partial charge in [0, 0.05) is 21.9 Å². The summed E-state index contributed by atoms with van der Waals surface area (Å²) in [5, 5.41) is 22.4. The molecule has 0 amide bonds. The van der Waals surface area contributed by atoms with Crippen molar-refractivity contribution in [1.82, 2.24) is 0 Å². The highest BCUT2D eigenvalue weighted by Crippen LogP contribution is 2.24. The van der Waals surface area contributed by atoms with E-state index in [0.29, 0.717) is 11.1 Å². The lowest BCUT2D eigenvalue weighted by molar-refractivity contribution is 0.0699. The minimum absolute atomic E-state index is 0.251. The van der Waals surface area contributed by atoms with Gasteiger partial charge >= 0.3 is 5.97 Å². The lowest BCUT2D eigenvalue weighted by Crippen LogP contribution is -1.99. The number of fused-ring (bicyclic) bond motifs is 1. The van der Waals surface area contributed by atoms with Gasteiger partial charge in [-0.3, -0.25) is 0 Å². The van der Waals surface area contributed by atoms with Crippen LogP contribution in [0.15, 0.2) is 36.4 Å². The number of nitrogens with zero attached hydrogens (tertiary/aromatic N) is 2. The molecule has 0 saturated carbocycles. The van der Waals surface area contributed by atoms with E-state index in [-0.39, 0.29) is 5.56 Å². The van der Waals surface area contributed by atoms with E-state index in [2.05, 4.69) is 0 Å². The molecule has 2 aromatic rings. The number of carboxylic acids is 1. The topological polar surface area (TPSA) is 111 Å². The fourth-order valence-corrected chi connectivity index (χ4v) is 1.55. The summed E-state index contributed by atoms with van der Waals surface area (Å²) in [5.41, 5.74) is 6.48. The standard InChI is InChI=1S/C11H9NO2.N2/c12-9-6-2-4-7-3-1-5-8(10(7)9)11(13)14;1-2/h1-6H,12H2,(H,13,14);. The van der Waals surface area contributed by atoms with Crippen LogP contribution in [0.1, 0.15) is 10.4 Å². The van der Waals surface area contributed by atoms with E-state index in [9.17, 15) is 4.79 Å². The van der Waals surface area contributed by atoms with Crippen LogP contribution in [0.25, 0.3) is 10.8 Å². The van der Waals surface area contributed by atoms with Gasteiger partial charge in [-0.25, -0.2) is 4.79 Å². The van der Waals surface area contributed by atoms with Gasteiger partial charge in [0.15, 0.2) is 0 Å². The smallest absolute Gasteiger partial charge is 0.336 e. The number of carbonyl (C=O) groups is 1. The molecule has 0 fully saturated rings. The second-order valence-electron chi connectivity index (χ2n) is 3.06. The maximum absolute atomic E-state index is 10.9. The maximum atomic E-state index is 10.9. The van der Waals surface area contributed by atoms with Crippen LogP contribution in [0, 0.1) is 10.8 Å². The average Bonchev–Trinajstić information content (AvgIpc) is 2.31. The van der Waals surface area contributed by atoms with Crippen molar-refractivity contribution in [1.29, 1.82) is 10.8 Å². The minimum Gasteiger partial charge on any atom is -0.478 e. The minimum atomic E-state index is -0.950. The van der Waals surface area contributed by atoms with Crippen LogP contribution >= 0.6 is 0 Å². The van der Waals surface area contributed by atoms with Gasteiger partial charge in [0.2, 0.25) is 0 Å². The van der Waals surface area contributed by atoms with Gasteiger partial charge in [-0.1, -0.05) is 24.3 Å². The van der Waals surface area contributed by atoms with Crippen LogP contribution < -0.4 is 5.73 Å². The summed E-state index contributed by atoms with van der Waals surface area (Å²) in [7, 11) is 0. The first-order valence-electron chi connectivity index (χ1n) is 4.40. The third kappa shape index (κ3) is 1.91. The molecule has 0 aromatic heterocycles. The van der Waals surface area contributed by atoms with Crippen molar-refractivity contribution in [3.8, 4) is 0 Å². The van der Waals surface area contributed by atoms with Crippen molar-refractivity contribution in [2.45, 2.75) is 0 Å². The number of hydrogen-bond acceptors (Lipinski definition) is 4. The average molecular weight is 215 g/mol. The van der Waals surface area contributed by atoms with Gasteiger partial charge in [0.05, 0.1) is 5.56 Å². The summed E-state index contributed by atoms with van der Waals surface area (Å²) in [6.07, 6.45) is 0. The second-order valence-corrected chi connectivity index (χ2v) is 3.06. The molecule has 0 aliphatic rings. The first-order valence-corrected chi connectivity index (χ1v) is 4.40. The SMILES string of the molecule is N#N.Nc1cccc2cccc(C(=O)O)c12. The van der Waals surface area contributed by atoms with Crippen molar-refractivity contribution >= 4 is 22.4 Å². The number of benzene rings is 2. The number of nitrogen functional groups attached to an aromatic ring is 1. The molecule has 5 heteroatoms. The van der Waals surface area contributed by atoms with Gasteiger partial charge in [-0.15, -0.1) is 0 Å². The molecule has 0 aliphatic carbocycles. The highest BCUT2D eigenvalue weighted by atomic mass is 16.4. The molecule has 5 nitrogen and oxygen atoms in total. The fourth-order valence-electron chi connectivity index (χ4n) is 1.55. The van der Waals surface area contributed by atoms with Gasteiger partial charge in [0.25, 0.3) is 0 Å². The summed E-state index contributed by atoms with van der Waals surface area (Å²) in [6, 6.07) is 10.5. The van der Waals surface area contributed by atoms with Crippen molar-refractivity contribution in [3.63, 3.8) is 0 Å². The Balaban J connectivity index is 0.000000606. The van der Waals surface area contributed by atoms with Crippen LogP contribution in [-0.4, -0.2) is 11.1 Å². The normalized spacial score (nSPS) is 9.12. The van der Waals surface area contributed by atoms with E-state index in [1.165, 1.54) is 0 Å². The summed E-state index contributed by atoms with van der Waals surface area (Å²) in [5.74, 6) is -0.950. The molecule has 80 valence electrons.